The third-order valence-corrected chi connectivity index (χ3v) is 0. The fourth-order valence-corrected chi connectivity index (χ4v) is 0. The van der Waals surface area contributed by atoms with Crippen molar-refractivity contribution in [3.8, 4) is 0 Å². The molecule has 41 heavy (non-hydrogen) atoms. The molecule has 0 aromatic carbocycles. The zero-order chi connectivity index (χ0) is 35.8. The third-order valence-electron chi connectivity index (χ3n) is 0. The molecule has 0 saturated carbocycles. The molecular weight excluding hydrogens is 627 g/mol. The Balaban J connectivity index is -0.0000000101. The van der Waals surface area contributed by atoms with Gasteiger partial charge in [-0.1, -0.05) is 0 Å². The molecule has 0 atom stereocenters. The van der Waals surface area contributed by atoms with E-state index in [0.717, 1.165) is 0 Å². The Bertz CT molecular complexity index is 223. The summed E-state index contributed by atoms with van der Waals surface area (Å²) in [7, 11) is -29.2. The maximum atomic E-state index is 8.42. The summed E-state index contributed by atoms with van der Waals surface area (Å²) in [6.07, 6.45) is 0. The molecule has 0 aliphatic rings. The average Bonchev–Trinajstić information content (AvgIpc) is 2.47. The second kappa shape index (κ2) is 68.3. The van der Waals surface area contributed by atoms with Gasteiger partial charge in [-0.05, 0) is 0 Å². The van der Waals surface area contributed by atoms with Crippen LogP contribution in [0.25, 0.3) is 0 Å². The van der Waals surface area contributed by atoms with Gasteiger partial charge in [0.05, 0.1) is 0 Å². The van der Waals surface area contributed by atoms with Gasteiger partial charge in [0.15, 0.2) is 0 Å². The van der Waals surface area contributed by atoms with Gasteiger partial charge < -0.3 is 151 Å². The predicted octanol–water partition coefficient (Wildman–Crippen LogP) is -39.0. The zero-order valence-corrected chi connectivity index (χ0v) is 18.0. The van der Waals surface area contributed by atoms with Crippen molar-refractivity contribution >= 4 is 125 Å². The number of hydrogen-bond acceptors (Lipinski definition) is 30. The second-order valence-corrected chi connectivity index (χ2v) is 2.89. The molecule has 242 valence electrons. The molecule has 0 aliphatic heterocycles. The first kappa shape index (κ1) is 73.5. The van der Waals surface area contributed by atoms with Crippen LogP contribution in [-0.2, 0) is 0 Å². The Morgan fingerprint density at radius 3 is 0.146 bits per heavy atom. The van der Waals surface area contributed by atoms with E-state index in [4.69, 9.17) is 151 Å². The fourth-order valence-electron chi connectivity index (χ4n) is 0. The Kier molecular flexibility index (Phi) is 123. The van der Waals surface area contributed by atoms with Crippen molar-refractivity contribution in [3.05, 3.63) is 0 Å². The summed E-state index contributed by atoms with van der Waals surface area (Å²) in [5, 5.41) is 252. The minimum atomic E-state index is -2.92. The predicted molar refractivity (Wildman–Crippen MR) is 75.8 cm³/mol. The van der Waals surface area contributed by atoms with Gasteiger partial charge in [0, 0.05) is 0 Å². The molecule has 0 spiro atoms. The van der Waals surface area contributed by atoms with Gasteiger partial charge in [-0.25, -0.2) is 0 Å². The Morgan fingerprint density at radius 1 is 0.146 bits per heavy atom. The minimum Gasteiger partial charge on any atom is -0.907 e. The molecule has 0 heterocycles. The van der Waals surface area contributed by atoms with Gasteiger partial charge >= 0.3 is 65.7 Å². The van der Waals surface area contributed by atoms with Crippen LogP contribution in [-0.4, -0.2) is 125 Å². The van der Waals surface area contributed by atoms with Crippen LogP contribution in [0.15, 0.2) is 0 Å². The molecule has 30 nitrogen and oxygen atoms in total. The number of hydrogen-bond donors (Lipinski definition) is 0. The van der Waals surface area contributed by atoms with E-state index in [0.29, 0.717) is 0 Å². The topological polar surface area (TPSA) is 692 Å². The SMILES string of the molecule is [H+].[H+].[H+].[H+].[H+].[H+].[H+].[H+].[H+].[H+].[KH].[O-]B([O-])[O-].[O-]B([O-])[O-].[O-]B([O-])[O-].[O-]B([O-])[O-].[O-]B([O-])[O-].[O-]B([O-])[O-].[O-]B([O-])[O-].[O-]B([O-])[O-].[O-]B([O-])[O-].[O-]B([O-])[O-]. The van der Waals surface area contributed by atoms with Crippen LogP contribution in [0.2, 0.25) is 0 Å². The summed E-state index contributed by atoms with van der Waals surface area (Å²) >= 11 is 0. The van der Waals surface area contributed by atoms with Crippen molar-refractivity contribution in [2.24, 2.45) is 0 Å². The molecule has 0 amide bonds. The Hall–Kier alpha value is 1.09. The molecule has 0 radical (unpaired) electrons. The van der Waals surface area contributed by atoms with Gasteiger partial charge in [0.1, 0.15) is 0 Å². The van der Waals surface area contributed by atoms with Crippen molar-refractivity contribution < 1.29 is 165 Å². The van der Waals surface area contributed by atoms with Crippen molar-refractivity contribution in [1.29, 1.82) is 0 Å². The number of rotatable bonds is 0. The van der Waals surface area contributed by atoms with Crippen molar-refractivity contribution in [1.82, 2.24) is 0 Å². The summed E-state index contributed by atoms with van der Waals surface area (Å²) in [6, 6.07) is 0. The van der Waals surface area contributed by atoms with E-state index in [9.17, 15) is 0 Å². The van der Waals surface area contributed by atoms with E-state index < -0.39 is 73.2 Å². The molecule has 0 aliphatic carbocycles. The summed E-state index contributed by atoms with van der Waals surface area (Å²) in [5.74, 6) is 0. The normalized spacial score (nSPS) is 6.59. The molecule has 0 fully saturated rings. The van der Waals surface area contributed by atoms with Gasteiger partial charge in [0.25, 0.3) is 0 Å². The maximum absolute atomic E-state index is 8.42. The fraction of sp³-hybridized carbons (Fsp3) is 0. The standard InChI is InChI=1S/10BO3.K.H/c10*2-1(3)4;;/q10*-3;;/p+10. The molecule has 0 unspecified atom stereocenters. The van der Waals surface area contributed by atoms with Crippen LogP contribution in [0.4, 0.5) is 0 Å². The average molecular weight is 638 g/mol. The van der Waals surface area contributed by atoms with Crippen LogP contribution in [0.1, 0.15) is 14.3 Å². The van der Waals surface area contributed by atoms with Crippen LogP contribution in [0.3, 0.4) is 0 Å². The first-order valence-corrected chi connectivity index (χ1v) is 7.07. The molecule has 41 heteroatoms. The van der Waals surface area contributed by atoms with Crippen molar-refractivity contribution in [3.63, 3.8) is 0 Å². The van der Waals surface area contributed by atoms with Gasteiger partial charge in [-0.15, -0.1) is 0 Å². The summed E-state index contributed by atoms with van der Waals surface area (Å²) < 4.78 is 0. The summed E-state index contributed by atoms with van der Waals surface area (Å²) in [6.45, 7) is 0. The van der Waals surface area contributed by atoms with Crippen LogP contribution < -0.4 is 151 Å². The minimum absolute atomic E-state index is 0. The molecule has 0 N–H and O–H groups in total. The van der Waals surface area contributed by atoms with Crippen molar-refractivity contribution in [2.75, 3.05) is 0 Å². The van der Waals surface area contributed by atoms with E-state index in [2.05, 4.69) is 0 Å². The quantitative estimate of drug-likeness (QED) is 0.222. The molecule has 0 bridgehead atoms. The second-order valence-electron chi connectivity index (χ2n) is 2.89. The van der Waals surface area contributed by atoms with Gasteiger partial charge in [-0.2, -0.15) is 0 Å². The van der Waals surface area contributed by atoms with E-state index in [-0.39, 0.29) is 65.7 Å². The molecule has 0 saturated heterocycles. The van der Waals surface area contributed by atoms with Gasteiger partial charge in [0.2, 0.25) is 0 Å². The largest absolute Gasteiger partial charge is 0.907 e. The van der Waals surface area contributed by atoms with Crippen LogP contribution in [0, 0.1) is 0 Å². The first-order valence-electron chi connectivity index (χ1n) is 7.07. The molecule has 0 aromatic heterocycles. The first-order chi connectivity index (χ1) is 17.3. The summed E-state index contributed by atoms with van der Waals surface area (Å²) in [4.78, 5) is 0. The Morgan fingerprint density at radius 2 is 0.146 bits per heavy atom. The molecule has 0 aromatic rings. The van der Waals surface area contributed by atoms with E-state index in [1.165, 1.54) is 0 Å². The third kappa shape index (κ3) is 53200. The molecular formula is H11B10KO30-20. The Labute approximate surface area is 288 Å². The molecule has 0 rings (SSSR count). The smallest absolute Gasteiger partial charge is 0.278 e. The van der Waals surface area contributed by atoms with E-state index in [1.807, 2.05) is 0 Å². The van der Waals surface area contributed by atoms with E-state index in [1.54, 1.807) is 0 Å². The van der Waals surface area contributed by atoms with Crippen molar-refractivity contribution in [2.45, 2.75) is 0 Å². The van der Waals surface area contributed by atoms with Gasteiger partial charge in [-0.3, -0.25) is 73.2 Å². The summed E-state index contributed by atoms with van der Waals surface area (Å²) in [5.41, 5.74) is 0. The van der Waals surface area contributed by atoms with Crippen LogP contribution >= 0.6 is 0 Å². The zero-order valence-electron chi connectivity index (χ0n) is 28.0. The van der Waals surface area contributed by atoms with E-state index >= 15 is 0 Å². The maximum Gasteiger partial charge on any atom is -0.278 e. The monoisotopic (exact) mass is 640 g/mol. The van der Waals surface area contributed by atoms with Crippen LogP contribution in [0.5, 0.6) is 0 Å².